The van der Waals surface area contributed by atoms with Crippen LogP contribution in [-0.4, -0.2) is 12.6 Å². The Balaban J connectivity index is 0. The topological polar surface area (TPSA) is 34.1 Å². The molecule has 0 unspecified atom stereocenters. The Kier molecular flexibility index (Phi) is 16.8. The van der Waals surface area contributed by atoms with Gasteiger partial charge in [-0.1, -0.05) is 52.7 Å². The van der Waals surface area contributed by atoms with Gasteiger partial charge in [-0.3, -0.25) is 9.59 Å². The van der Waals surface area contributed by atoms with Gasteiger partial charge in [0, 0.05) is 0 Å². The molecule has 0 aliphatic rings. The van der Waals surface area contributed by atoms with Gasteiger partial charge in [0.2, 0.25) is 0 Å². The van der Waals surface area contributed by atoms with E-state index in [2.05, 4.69) is 13.8 Å². The second kappa shape index (κ2) is 15.8. The molecule has 2 heteroatoms. The summed E-state index contributed by atoms with van der Waals surface area (Å²) in [7, 11) is 0. The minimum atomic E-state index is 0.865. The lowest BCUT2D eigenvalue weighted by Crippen LogP contribution is -1.80. The number of rotatable bonds is 8. The Morgan fingerprint density at radius 3 is 1.22 bits per heavy atom. The Morgan fingerprint density at radius 2 is 1.06 bits per heavy atom. The summed E-state index contributed by atoms with van der Waals surface area (Å²) in [5, 5.41) is 0. The molecule has 2 nitrogen and oxygen atoms in total. The van der Waals surface area contributed by atoms with Crippen LogP contribution in [0, 0.1) is 0 Å². The third-order valence-corrected chi connectivity index (χ3v) is 2.51. The zero-order valence-electron chi connectivity index (χ0n) is 12.4. The number of hydrogen-bond acceptors (Lipinski definition) is 2. The largest absolute Gasteiger partial charge is 0.298 e. The monoisotopic (exact) mass is 252 g/mol. The zero-order chi connectivity index (χ0) is 14.2. The fourth-order valence-electron chi connectivity index (χ4n) is 1.21. The molecule has 0 aromatic heterocycles. The Hall–Kier alpha value is -1.18. The van der Waals surface area contributed by atoms with Gasteiger partial charge in [-0.05, 0) is 36.8 Å². The van der Waals surface area contributed by atoms with Gasteiger partial charge in [-0.2, -0.15) is 0 Å². The molecule has 0 aliphatic heterocycles. The van der Waals surface area contributed by atoms with Crippen LogP contribution in [-0.2, 0) is 9.59 Å². The summed E-state index contributed by atoms with van der Waals surface area (Å²) in [5.41, 5.74) is 1.86. The van der Waals surface area contributed by atoms with Crippen molar-refractivity contribution in [3.63, 3.8) is 0 Å². The van der Waals surface area contributed by atoms with Crippen LogP contribution in [0.15, 0.2) is 23.3 Å². The van der Waals surface area contributed by atoms with Crippen LogP contribution < -0.4 is 0 Å². The summed E-state index contributed by atoms with van der Waals surface area (Å²) < 4.78 is 0. The van der Waals surface area contributed by atoms with E-state index in [1.807, 2.05) is 26.0 Å². The van der Waals surface area contributed by atoms with Crippen molar-refractivity contribution in [3.8, 4) is 0 Å². The van der Waals surface area contributed by atoms with Gasteiger partial charge in [0.15, 0.2) is 0 Å². The SMILES string of the molecule is CCCC=C(C=O)CC.CCCC=C(C=O)CC. The maximum atomic E-state index is 10.2. The van der Waals surface area contributed by atoms with Crippen molar-refractivity contribution in [1.82, 2.24) is 0 Å². The average Bonchev–Trinajstić information content (AvgIpc) is 2.42. The van der Waals surface area contributed by atoms with Gasteiger partial charge in [0.25, 0.3) is 0 Å². The number of allylic oxidation sites excluding steroid dienone is 4. The van der Waals surface area contributed by atoms with E-state index in [9.17, 15) is 9.59 Å². The average molecular weight is 252 g/mol. The van der Waals surface area contributed by atoms with Gasteiger partial charge in [0.1, 0.15) is 12.6 Å². The molecule has 0 radical (unpaired) electrons. The highest BCUT2D eigenvalue weighted by Gasteiger charge is 1.87. The van der Waals surface area contributed by atoms with Crippen molar-refractivity contribution in [2.45, 2.75) is 66.2 Å². The summed E-state index contributed by atoms with van der Waals surface area (Å²) in [4.78, 5) is 20.3. The molecule has 0 aromatic carbocycles. The lowest BCUT2D eigenvalue weighted by molar-refractivity contribution is -0.105. The molecule has 0 saturated heterocycles. The van der Waals surface area contributed by atoms with Crippen LogP contribution in [0.4, 0.5) is 0 Å². The third-order valence-electron chi connectivity index (χ3n) is 2.51. The molecule has 0 spiro atoms. The molecular weight excluding hydrogens is 224 g/mol. The summed E-state index contributed by atoms with van der Waals surface area (Å²) in [6, 6.07) is 0. The van der Waals surface area contributed by atoms with Crippen LogP contribution in [0.2, 0.25) is 0 Å². The predicted molar refractivity (Wildman–Crippen MR) is 78.7 cm³/mol. The van der Waals surface area contributed by atoms with Crippen LogP contribution >= 0.6 is 0 Å². The highest BCUT2D eigenvalue weighted by atomic mass is 16.1. The summed E-state index contributed by atoms with van der Waals surface area (Å²) in [5.74, 6) is 0. The van der Waals surface area contributed by atoms with Gasteiger partial charge < -0.3 is 0 Å². The first-order valence-electron chi connectivity index (χ1n) is 6.98. The van der Waals surface area contributed by atoms with Crippen LogP contribution in [0.5, 0.6) is 0 Å². The molecule has 0 aliphatic carbocycles. The van der Waals surface area contributed by atoms with Crippen molar-refractivity contribution >= 4 is 12.6 Å². The lowest BCUT2D eigenvalue weighted by Gasteiger charge is -1.90. The van der Waals surface area contributed by atoms with Gasteiger partial charge in [0.05, 0.1) is 0 Å². The molecule has 0 N–H and O–H groups in total. The lowest BCUT2D eigenvalue weighted by atomic mass is 10.2. The smallest absolute Gasteiger partial charge is 0.145 e. The molecular formula is C16H28O2. The Labute approximate surface area is 112 Å². The maximum Gasteiger partial charge on any atom is 0.145 e. The van der Waals surface area contributed by atoms with Crippen LogP contribution in [0.3, 0.4) is 0 Å². The molecule has 0 heterocycles. The van der Waals surface area contributed by atoms with E-state index in [0.29, 0.717) is 0 Å². The minimum Gasteiger partial charge on any atom is -0.298 e. The van der Waals surface area contributed by atoms with Crippen molar-refractivity contribution in [2.24, 2.45) is 0 Å². The van der Waals surface area contributed by atoms with E-state index in [1.165, 1.54) is 0 Å². The van der Waals surface area contributed by atoms with E-state index in [-0.39, 0.29) is 0 Å². The summed E-state index contributed by atoms with van der Waals surface area (Å²) in [6.07, 6.45) is 11.9. The van der Waals surface area contributed by atoms with Crippen LogP contribution in [0.25, 0.3) is 0 Å². The second-order valence-corrected chi connectivity index (χ2v) is 4.08. The molecule has 0 bridgehead atoms. The Morgan fingerprint density at radius 1 is 0.722 bits per heavy atom. The normalized spacial score (nSPS) is 11.6. The fraction of sp³-hybridized carbons (Fsp3) is 0.625. The van der Waals surface area contributed by atoms with E-state index < -0.39 is 0 Å². The van der Waals surface area contributed by atoms with E-state index >= 15 is 0 Å². The Bertz CT molecular complexity index is 234. The number of unbranched alkanes of at least 4 members (excludes halogenated alkanes) is 2. The van der Waals surface area contributed by atoms with E-state index in [0.717, 1.165) is 62.2 Å². The van der Waals surface area contributed by atoms with Crippen molar-refractivity contribution < 1.29 is 9.59 Å². The molecule has 0 amide bonds. The fourth-order valence-corrected chi connectivity index (χ4v) is 1.21. The standard InChI is InChI=1S/2C8H14O/c2*1-3-5-6-8(4-2)7-9/h2*6-7H,3-5H2,1-2H3. The predicted octanol–water partition coefficient (Wildman–Crippen LogP) is 4.64. The van der Waals surface area contributed by atoms with Crippen molar-refractivity contribution in [3.05, 3.63) is 23.3 Å². The molecule has 0 aromatic rings. The second-order valence-electron chi connectivity index (χ2n) is 4.08. The molecule has 0 rings (SSSR count). The number of carbonyl (C=O) groups excluding carboxylic acids is 2. The first kappa shape index (κ1) is 19.2. The maximum absolute atomic E-state index is 10.2. The van der Waals surface area contributed by atoms with Gasteiger partial charge in [-0.15, -0.1) is 0 Å². The zero-order valence-corrected chi connectivity index (χ0v) is 12.4. The van der Waals surface area contributed by atoms with E-state index in [1.54, 1.807) is 0 Å². The highest BCUT2D eigenvalue weighted by Crippen LogP contribution is 1.99. The van der Waals surface area contributed by atoms with E-state index in [4.69, 9.17) is 0 Å². The van der Waals surface area contributed by atoms with Crippen molar-refractivity contribution in [2.75, 3.05) is 0 Å². The molecule has 0 fully saturated rings. The summed E-state index contributed by atoms with van der Waals surface area (Å²) >= 11 is 0. The first-order valence-corrected chi connectivity index (χ1v) is 6.98. The van der Waals surface area contributed by atoms with Crippen LogP contribution in [0.1, 0.15) is 66.2 Å². The third kappa shape index (κ3) is 12.9. The van der Waals surface area contributed by atoms with Gasteiger partial charge in [-0.25, -0.2) is 0 Å². The minimum absolute atomic E-state index is 0.865. The molecule has 0 atom stereocenters. The van der Waals surface area contributed by atoms with Crippen molar-refractivity contribution in [1.29, 1.82) is 0 Å². The summed E-state index contributed by atoms with van der Waals surface area (Å²) in [6.45, 7) is 8.20. The highest BCUT2D eigenvalue weighted by molar-refractivity contribution is 5.73. The molecule has 18 heavy (non-hydrogen) atoms. The van der Waals surface area contributed by atoms with Gasteiger partial charge >= 0.3 is 0 Å². The number of aldehydes is 2. The number of hydrogen-bond donors (Lipinski definition) is 0. The molecule has 104 valence electrons. The number of carbonyl (C=O) groups is 2. The molecule has 0 saturated carbocycles. The quantitative estimate of drug-likeness (QED) is 0.465. The first-order chi connectivity index (χ1) is 8.69.